The molecule has 1 aromatic carbocycles. The second kappa shape index (κ2) is 12.3. The molecule has 1 atom stereocenters. The fourth-order valence-electron chi connectivity index (χ4n) is 4.53. The molecule has 0 amide bonds. The highest BCUT2D eigenvalue weighted by Crippen LogP contribution is 2.15. The van der Waals surface area contributed by atoms with Crippen LogP contribution in [0.2, 0.25) is 0 Å². The van der Waals surface area contributed by atoms with E-state index in [2.05, 4.69) is 69.6 Å². The smallest absolute Gasteiger partial charge is 0.191 e. The van der Waals surface area contributed by atoms with Crippen LogP contribution in [0.4, 0.5) is 0 Å². The van der Waals surface area contributed by atoms with Crippen molar-refractivity contribution < 1.29 is 4.74 Å². The van der Waals surface area contributed by atoms with Gasteiger partial charge in [0.2, 0.25) is 0 Å². The Labute approximate surface area is 183 Å². The molecule has 0 bridgehead atoms. The number of ether oxygens (including phenoxy) is 1. The lowest BCUT2D eigenvalue weighted by Crippen LogP contribution is -2.53. The van der Waals surface area contributed by atoms with E-state index in [9.17, 15) is 0 Å². The van der Waals surface area contributed by atoms with Crippen molar-refractivity contribution in [1.29, 1.82) is 0 Å². The molecule has 2 heterocycles. The molecule has 6 heteroatoms. The molecule has 168 valence electrons. The number of rotatable bonds is 8. The second-order valence-electron chi connectivity index (χ2n) is 9.07. The molecule has 0 radical (unpaired) electrons. The summed E-state index contributed by atoms with van der Waals surface area (Å²) in [7, 11) is 1.88. The number of aliphatic imine (C=N–C) groups is 1. The van der Waals surface area contributed by atoms with Gasteiger partial charge in [-0.15, -0.1) is 0 Å². The molecular formula is C24H41N5O. The van der Waals surface area contributed by atoms with Gasteiger partial charge in [0.15, 0.2) is 5.96 Å². The highest BCUT2D eigenvalue weighted by molar-refractivity contribution is 5.80. The van der Waals surface area contributed by atoms with Crippen molar-refractivity contribution in [3.63, 3.8) is 0 Å². The second-order valence-corrected chi connectivity index (χ2v) is 9.07. The van der Waals surface area contributed by atoms with Crippen molar-refractivity contribution in [1.82, 2.24) is 20.4 Å². The summed E-state index contributed by atoms with van der Waals surface area (Å²) in [6.45, 7) is 12.6. The van der Waals surface area contributed by atoms with Gasteiger partial charge in [-0.1, -0.05) is 44.2 Å². The summed E-state index contributed by atoms with van der Waals surface area (Å²) >= 11 is 0. The average Bonchev–Trinajstić information content (AvgIpc) is 2.78. The molecule has 6 nitrogen and oxygen atoms in total. The van der Waals surface area contributed by atoms with E-state index in [0.717, 1.165) is 71.3 Å². The van der Waals surface area contributed by atoms with Gasteiger partial charge in [-0.3, -0.25) is 14.8 Å². The molecule has 2 fully saturated rings. The minimum atomic E-state index is 0.496. The minimum Gasteiger partial charge on any atom is -0.379 e. The molecule has 0 spiro atoms. The van der Waals surface area contributed by atoms with Gasteiger partial charge < -0.3 is 15.4 Å². The Morgan fingerprint density at radius 3 is 2.43 bits per heavy atom. The molecule has 1 aromatic rings. The van der Waals surface area contributed by atoms with Crippen molar-refractivity contribution in [2.75, 3.05) is 53.0 Å². The molecule has 2 N–H and O–H groups in total. The van der Waals surface area contributed by atoms with E-state index in [1.54, 1.807) is 0 Å². The van der Waals surface area contributed by atoms with Crippen molar-refractivity contribution in [2.24, 2.45) is 10.9 Å². The van der Waals surface area contributed by atoms with E-state index in [1.165, 1.54) is 12.0 Å². The monoisotopic (exact) mass is 415 g/mol. The Morgan fingerprint density at radius 1 is 1.10 bits per heavy atom. The van der Waals surface area contributed by atoms with Crippen LogP contribution in [0.5, 0.6) is 0 Å². The Balaban J connectivity index is 1.42. The van der Waals surface area contributed by atoms with Crippen LogP contribution >= 0.6 is 0 Å². The van der Waals surface area contributed by atoms with E-state index in [0.29, 0.717) is 18.0 Å². The quantitative estimate of drug-likeness (QED) is 0.505. The lowest BCUT2D eigenvalue weighted by atomic mass is 10.0. The Morgan fingerprint density at radius 2 is 1.80 bits per heavy atom. The van der Waals surface area contributed by atoms with Crippen LogP contribution < -0.4 is 10.6 Å². The van der Waals surface area contributed by atoms with Crippen LogP contribution in [0.25, 0.3) is 0 Å². The van der Waals surface area contributed by atoms with Gasteiger partial charge in [0.25, 0.3) is 0 Å². The first-order valence-electron chi connectivity index (χ1n) is 11.7. The van der Waals surface area contributed by atoms with Crippen molar-refractivity contribution >= 4 is 5.96 Å². The van der Waals surface area contributed by atoms with Crippen molar-refractivity contribution in [3.8, 4) is 0 Å². The zero-order chi connectivity index (χ0) is 21.2. The highest BCUT2D eigenvalue weighted by atomic mass is 16.5. The first-order valence-corrected chi connectivity index (χ1v) is 11.7. The van der Waals surface area contributed by atoms with E-state index >= 15 is 0 Å². The number of benzene rings is 1. The minimum absolute atomic E-state index is 0.496. The average molecular weight is 416 g/mol. The van der Waals surface area contributed by atoms with Gasteiger partial charge >= 0.3 is 0 Å². The molecule has 0 aliphatic carbocycles. The number of nitrogens with zero attached hydrogens (tertiary/aromatic N) is 3. The van der Waals surface area contributed by atoms with E-state index < -0.39 is 0 Å². The van der Waals surface area contributed by atoms with Crippen molar-refractivity contribution in [3.05, 3.63) is 35.9 Å². The van der Waals surface area contributed by atoms with Crippen LogP contribution in [0.3, 0.4) is 0 Å². The Hall–Kier alpha value is -1.63. The Bertz CT molecular complexity index is 622. The fourth-order valence-corrected chi connectivity index (χ4v) is 4.53. The number of hydrogen-bond acceptors (Lipinski definition) is 4. The first-order chi connectivity index (χ1) is 14.6. The van der Waals surface area contributed by atoms with Crippen LogP contribution in [-0.4, -0.2) is 80.8 Å². The number of likely N-dealkylation sites (tertiary alicyclic amines) is 1. The molecule has 30 heavy (non-hydrogen) atoms. The third-order valence-corrected chi connectivity index (χ3v) is 6.21. The van der Waals surface area contributed by atoms with Crippen molar-refractivity contribution in [2.45, 2.75) is 51.7 Å². The maximum atomic E-state index is 5.55. The van der Waals surface area contributed by atoms with Crippen LogP contribution in [0.15, 0.2) is 35.3 Å². The number of piperidine rings is 1. The number of morpholine rings is 1. The SMILES string of the molecule is CN=C(NCC(CC(C)C)N1CCOCC1)NC1CCN(Cc2ccccc2)CC1. The van der Waals surface area contributed by atoms with Crippen LogP contribution in [-0.2, 0) is 11.3 Å². The normalized spacial score (nSPS) is 21.0. The zero-order valence-electron chi connectivity index (χ0n) is 19.1. The summed E-state index contributed by atoms with van der Waals surface area (Å²) in [6.07, 6.45) is 3.51. The van der Waals surface area contributed by atoms with Crippen LogP contribution in [0.1, 0.15) is 38.7 Å². The summed E-state index contributed by atoms with van der Waals surface area (Å²) in [5, 5.41) is 7.28. The van der Waals surface area contributed by atoms with Gasteiger partial charge in [0.05, 0.1) is 13.2 Å². The summed E-state index contributed by atoms with van der Waals surface area (Å²) in [5.74, 6) is 1.63. The molecule has 2 aliphatic rings. The van der Waals surface area contributed by atoms with Crippen LogP contribution in [0, 0.1) is 5.92 Å². The standard InChI is InChI=1S/C24H41N5O/c1-20(2)17-23(29-13-15-30-16-14-29)18-26-24(25-3)27-22-9-11-28(12-10-22)19-21-7-5-4-6-8-21/h4-8,20,22-23H,9-19H2,1-3H3,(H2,25,26,27). The molecule has 3 rings (SSSR count). The largest absolute Gasteiger partial charge is 0.379 e. The summed E-state index contributed by atoms with van der Waals surface area (Å²) in [6, 6.07) is 11.8. The summed E-state index contributed by atoms with van der Waals surface area (Å²) in [4.78, 5) is 9.63. The first kappa shape index (κ1) is 23.0. The molecule has 0 saturated carbocycles. The lowest BCUT2D eigenvalue weighted by Gasteiger charge is -2.36. The van der Waals surface area contributed by atoms with E-state index in [1.807, 2.05) is 7.05 Å². The fraction of sp³-hybridized carbons (Fsp3) is 0.708. The van der Waals surface area contributed by atoms with Gasteiger partial charge in [-0.25, -0.2) is 0 Å². The number of hydrogen-bond donors (Lipinski definition) is 2. The predicted octanol–water partition coefficient (Wildman–Crippen LogP) is 2.56. The number of nitrogens with one attached hydrogen (secondary N) is 2. The van der Waals surface area contributed by atoms with Gasteiger partial charge in [0, 0.05) is 58.4 Å². The van der Waals surface area contributed by atoms with E-state index in [-0.39, 0.29) is 0 Å². The summed E-state index contributed by atoms with van der Waals surface area (Å²) < 4.78 is 5.55. The molecule has 1 unspecified atom stereocenters. The Kier molecular flexibility index (Phi) is 9.43. The highest BCUT2D eigenvalue weighted by Gasteiger charge is 2.23. The third kappa shape index (κ3) is 7.56. The topological polar surface area (TPSA) is 52.1 Å². The summed E-state index contributed by atoms with van der Waals surface area (Å²) in [5.41, 5.74) is 1.40. The maximum absolute atomic E-state index is 5.55. The predicted molar refractivity (Wildman–Crippen MR) is 125 cm³/mol. The number of guanidine groups is 1. The third-order valence-electron chi connectivity index (χ3n) is 6.21. The van der Waals surface area contributed by atoms with Gasteiger partial charge in [0.1, 0.15) is 0 Å². The van der Waals surface area contributed by atoms with E-state index in [4.69, 9.17) is 4.74 Å². The van der Waals surface area contributed by atoms with Gasteiger partial charge in [-0.2, -0.15) is 0 Å². The molecular weight excluding hydrogens is 374 g/mol. The zero-order valence-corrected chi connectivity index (χ0v) is 19.1. The lowest BCUT2D eigenvalue weighted by molar-refractivity contribution is 0.0132. The molecule has 0 aromatic heterocycles. The van der Waals surface area contributed by atoms with Gasteiger partial charge in [-0.05, 0) is 30.7 Å². The molecule has 2 aliphatic heterocycles. The molecule has 2 saturated heterocycles. The maximum Gasteiger partial charge on any atom is 0.191 e.